The molecule has 6 nitrogen and oxygen atoms in total. The number of hydrogen-bond donors (Lipinski definition) is 3. The molecule has 0 heterocycles. The first-order valence-electron chi connectivity index (χ1n) is 7.57. The van der Waals surface area contributed by atoms with E-state index in [1.807, 2.05) is 18.2 Å². The molecule has 0 fully saturated rings. The van der Waals surface area contributed by atoms with Crippen molar-refractivity contribution >= 4 is 18.4 Å². The number of nitrogens with one attached hydrogen (secondary N) is 1. The predicted molar refractivity (Wildman–Crippen MR) is 96.8 cm³/mol. The monoisotopic (exact) mass is 367 g/mol. The van der Waals surface area contributed by atoms with Gasteiger partial charge in [-0.3, -0.25) is 0 Å². The zero-order valence-corrected chi connectivity index (χ0v) is 14.7. The summed E-state index contributed by atoms with van der Waals surface area (Å²) < 4.78 is 10.7. The number of ether oxygens (including phenoxy) is 2. The molecule has 0 spiro atoms. The van der Waals surface area contributed by atoms with Gasteiger partial charge in [-0.05, 0) is 35.4 Å². The number of carboxylic acids is 1. The molecule has 0 saturated carbocycles. The molecule has 0 aliphatic rings. The highest BCUT2D eigenvalue weighted by molar-refractivity contribution is 5.87. The van der Waals surface area contributed by atoms with Gasteiger partial charge in [0.15, 0.2) is 11.5 Å². The highest BCUT2D eigenvalue weighted by Gasteiger charge is 2.06. The van der Waals surface area contributed by atoms with Gasteiger partial charge >= 0.3 is 5.97 Å². The van der Waals surface area contributed by atoms with Gasteiger partial charge in [-0.2, -0.15) is 0 Å². The molecular formula is C18H22ClNO5. The maximum atomic E-state index is 10.8. The Bertz CT molecular complexity index is 676. The molecule has 0 radical (unpaired) electrons. The molecule has 0 bridgehead atoms. The highest BCUT2D eigenvalue weighted by atomic mass is 35.5. The second-order valence-corrected chi connectivity index (χ2v) is 5.16. The molecule has 136 valence electrons. The Morgan fingerprint density at radius 1 is 1.04 bits per heavy atom. The number of benzene rings is 2. The Morgan fingerprint density at radius 3 is 2.28 bits per heavy atom. The summed E-state index contributed by atoms with van der Waals surface area (Å²) in [7, 11) is 1.57. The Hall–Kier alpha value is -2.28. The number of aliphatic hydroxyl groups excluding tert-OH is 1. The smallest absolute Gasteiger partial charge is 0.335 e. The van der Waals surface area contributed by atoms with E-state index in [0.29, 0.717) is 24.6 Å². The Balaban J connectivity index is 0.00000312. The van der Waals surface area contributed by atoms with Crippen molar-refractivity contribution in [1.82, 2.24) is 5.32 Å². The lowest BCUT2D eigenvalue weighted by Crippen LogP contribution is -2.13. The molecule has 2 aromatic rings. The van der Waals surface area contributed by atoms with Crippen molar-refractivity contribution in [3.05, 3.63) is 59.2 Å². The number of aliphatic hydroxyl groups is 1. The SMILES string of the molecule is COc1cc(CNCc2ccc(C(=O)O)cc2)ccc1OCCO.Cl. The standard InChI is InChI=1S/C18H21NO5.ClH/c1-23-17-10-14(4-7-16(17)24-9-8-20)12-19-11-13-2-5-15(6-3-13)18(21)22;/h2-7,10,19-20H,8-9,11-12H2,1H3,(H,21,22);1H. The number of aromatic carboxylic acids is 1. The van der Waals surface area contributed by atoms with E-state index in [1.54, 1.807) is 31.4 Å². The largest absolute Gasteiger partial charge is 0.493 e. The summed E-state index contributed by atoms with van der Waals surface area (Å²) in [5.41, 5.74) is 2.32. The number of halogens is 1. The van der Waals surface area contributed by atoms with Crippen LogP contribution in [0.1, 0.15) is 21.5 Å². The first-order chi connectivity index (χ1) is 11.6. The summed E-state index contributed by atoms with van der Waals surface area (Å²) in [5.74, 6) is 0.290. The van der Waals surface area contributed by atoms with Gasteiger partial charge in [-0.15, -0.1) is 12.4 Å². The second-order valence-electron chi connectivity index (χ2n) is 5.16. The van der Waals surface area contributed by atoms with Crippen LogP contribution in [0.4, 0.5) is 0 Å². The first-order valence-corrected chi connectivity index (χ1v) is 7.57. The maximum absolute atomic E-state index is 10.8. The lowest BCUT2D eigenvalue weighted by Gasteiger charge is -2.12. The van der Waals surface area contributed by atoms with Crippen molar-refractivity contribution < 1.29 is 24.5 Å². The van der Waals surface area contributed by atoms with Gasteiger partial charge in [0.25, 0.3) is 0 Å². The van der Waals surface area contributed by atoms with Crippen molar-refractivity contribution in [2.24, 2.45) is 0 Å². The molecule has 0 aliphatic carbocycles. The van der Waals surface area contributed by atoms with Crippen LogP contribution in [0.15, 0.2) is 42.5 Å². The lowest BCUT2D eigenvalue weighted by atomic mass is 10.1. The van der Waals surface area contributed by atoms with Crippen LogP contribution >= 0.6 is 12.4 Å². The molecule has 2 rings (SSSR count). The third-order valence-corrected chi connectivity index (χ3v) is 3.44. The second kappa shape index (κ2) is 10.6. The van der Waals surface area contributed by atoms with Gasteiger partial charge in [0.1, 0.15) is 6.61 Å². The average Bonchev–Trinajstić information content (AvgIpc) is 2.60. The molecular weight excluding hydrogens is 346 g/mol. The van der Waals surface area contributed by atoms with Crippen LogP contribution in [0, 0.1) is 0 Å². The van der Waals surface area contributed by atoms with Gasteiger partial charge in [-0.1, -0.05) is 18.2 Å². The quantitative estimate of drug-likeness (QED) is 0.631. The molecule has 25 heavy (non-hydrogen) atoms. The van der Waals surface area contributed by atoms with Gasteiger partial charge < -0.3 is 25.0 Å². The van der Waals surface area contributed by atoms with Crippen LogP contribution in [-0.4, -0.2) is 36.5 Å². The lowest BCUT2D eigenvalue weighted by molar-refractivity contribution is 0.0697. The molecule has 0 aromatic heterocycles. The van der Waals surface area contributed by atoms with E-state index in [9.17, 15) is 4.79 Å². The molecule has 0 saturated heterocycles. The fraction of sp³-hybridized carbons (Fsp3) is 0.278. The van der Waals surface area contributed by atoms with E-state index >= 15 is 0 Å². The van der Waals surface area contributed by atoms with Crippen molar-refractivity contribution in [2.45, 2.75) is 13.1 Å². The summed E-state index contributed by atoms with van der Waals surface area (Å²) in [4.78, 5) is 10.8. The molecule has 0 amide bonds. The third kappa shape index (κ3) is 6.26. The molecule has 0 aliphatic heterocycles. The van der Waals surface area contributed by atoms with Crippen LogP contribution in [-0.2, 0) is 13.1 Å². The van der Waals surface area contributed by atoms with E-state index in [1.165, 1.54) is 0 Å². The zero-order chi connectivity index (χ0) is 17.4. The Labute approximate surface area is 152 Å². The minimum Gasteiger partial charge on any atom is -0.493 e. The van der Waals surface area contributed by atoms with Crippen molar-refractivity contribution in [1.29, 1.82) is 0 Å². The van der Waals surface area contributed by atoms with Gasteiger partial charge in [-0.25, -0.2) is 4.79 Å². The van der Waals surface area contributed by atoms with Gasteiger partial charge in [0.05, 0.1) is 19.3 Å². The van der Waals surface area contributed by atoms with E-state index in [-0.39, 0.29) is 31.2 Å². The molecule has 7 heteroatoms. The van der Waals surface area contributed by atoms with Crippen LogP contribution in [0.5, 0.6) is 11.5 Å². The molecule has 0 unspecified atom stereocenters. The summed E-state index contributed by atoms with van der Waals surface area (Å²) >= 11 is 0. The van der Waals surface area contributed by atoms with E-state index in [0.717, 1.165) is 11.1 Å². The molecule has 2 aromatic carbocycles. The number of methoxy groups -OCH3 is 1. The number of rotatable bonds is 9. The summed E-state index contributed by atoms with van der Waals surface area (Å²) in [6.45, 7) is 1.44. The van der Waals surface area contributed by atoms with E-state index < -0.39 is 5.97 Å². The predicted octanol–water partition coefficient (Wildman–Crippen LogP) is 2.48. The highest BCUT2D eigenvalue weighted by Crippen LogP contribution is 2.28. The van der Waals surface area contributed by atoms with Crippen LogP contribution in [0.2, 0.25) is 0 Å². The summed E-state index contributed by atoms with van der Waals surface area (Å²) in [6.07, 6.45) is 0. The van der Waals surface area contributed by atoms with E-state index in [4.69, 9.17) is 19.7 Å². The summed E-state index contributed by atoms with van der Waals surface area (Å²) in [5, 5.41) is 21.0. The topological polar surface area (TPSA) is 88.0 Å². The first kappa shape index (κ1) is 20.8. The van der Waals surface area contributed by atoms with Crippen LogP contribution < -0.4 is 14.8 Å². The van der Waals surface area contributed by atoms with Crippen molar-refractivity contribution in [2.75, 3.05) is 20.3 Å². The van der Waals surface area contributed by atoms with Crippen LogP contribution in [0.25, 0.3) is 0 Å². The number of hydrogen-bond acceptors (Lipinski definition) is 5. The number of carboxylic acid groups (broad SMARTS) is 1. The Kier molecular flexibility index (Phi) is 8.77. The molecule has 0 atom stereocenters. The third-order valence-electron chi connectivity index (χ3n) is 3.44. The Morgan fingerprint density at radius 2 is 1.68 bits per heavy atom. The summed E-state index contributed by atoms with van der Waals surface area (Å²) in [6, 6.07) is 12.4. The normalized spacial score (nSPS) is 10.0. The van der Waals surface area contributed by atoms with Gasteiger partial charge in [0.2, 0.25) is 0 Å². The zero-order valence-electron chi connectivity index (χ0n) is 13.9. The van der Waals surface area contributed by atoms with Crippen LogP contribution in [0.3, 0.4) is 0 Å². The maximum Gasteiger partial charge on any atom is 0.335 e. The fourth-order valence-corrected chi connectivity index (χ4v) is 2.21. The fourth-order valence-electron chi connectivity index (χ4n) is 2.21. The minimum atomic E-state index is -0.926. The van der Waals surface area contributed by atoms with Crippen molar-refractivity contribution in [3.63, 3.8) is 0 Å². The van der Waals surface area contributed by atoms with E-state index in [2.05, 4.69) is 5.32 Å². The van der Waals surface area contributed by atoms with Crippen molar-refractivity contribution in [3.8, 4) is 11.5 Å². The van der Waals surface area contributed by atoms with Gasteiger partial charge in [0, 0.05) is 13.1 Å². The molecule has 3 N–H and O–H groups in total. The number of carbonyl (C=O) groups is 1. The minimum absolute atomic E-state index is 0. The average molecular weight is 368 g/mol.